The van der Waals surface area contributed by atoms with Gasteiger partial charge in [-0.25, -0.2) is 0 Å². The van der Waals surface area contributed by atoms with E-state index in [2.05, 4.69) is 58.3 Å². The molecule has 0 unspecified atom stereocenters. The van der Waals surface area contributed by atoms with Gasteiger partial charge in [0, 0.05) is 41.5 Å². The Bertz CT molecular complexity index is 1010. The topological polar surface area (TPSA) is 83.9 Å². The van der Waals surface area contributed by atoms with E-state index in [1.165, 1.54) is 11.3 Å². The standard InChI is InChI=1S/C23H28N6OS/c1-23(2,3)21-27-28-22(31-21)26-20(30)15-29-12-6-7-17(14-29)19-10-9-16(13-25-19)18-8-4-5-11-24-18/h4-5,8-11,13,17H,6-7,12,14-15H2,1-3H3,(H,26,28,30)/t17-/m0/s1. The average molecular weight is 437 g/mol. The first kappa shape index (κ1) is 21.5. The van der Waals surface area contributed by atoms with Gasteiger partial charge in [0.25, 0.3) is 0 Å². The summed E-state index contributed by atoms with van der Waals surface area (Å²) in [6.07, 6.45) is 5.82. The van der Waals surface area contributed by atoms with E-state index in [-0.39, 0.29) is 11.3 Å². The van der Waals surface area contributed by atoms with Crippen LogP contribution in [0.5, 0.6) is 0 Å². The molecule has 8 heteroatoms. The van der Waals surface area contributed by atoms with Crippen molar-refractivity contribution in [1.29, 1.82) is 0 Å². The Morgan fingerprint density at radius 1 is 1.19 bits per heavy atom. The molecule has 1 atom stereocenters. The number of carbonyl (C=O) groups is 1. The van der Waals surface area contributed by atoms with Crippen LogP contribution in [0.1, 0.15) is 50.2 Å². The minimum Gasteiger partial charge on any atom is -0.299 e. The molecule has 0 bridgehead atoms. The Morgan fingerprint density at radius 2 is 2.06 bits per heavy atom. The largest absolute Gasteiger partial charge is 0.299 e. The van der Waals surface area contributed by atoms with Crippen molar-refractivity contribution in [3.8, 4) is 11.3 Å². The summed E-state index contributed by atoms with van der Waals surface area (Å²) < 4.78 is 0. The van der Waals surface area contributed by atoms with Crippen LogP contribution in [0, 0.1) is 0 Å². The molecule has 1 fully saturated rings. The molecule has 1 aliphatic heterocycles. The van der Waals surface area contributed by atoms with E-state index in [1.54, 1.807) is 6.20 Å². The molecule has 1 aliphatic rings. The van der Waals surface area contributed by atoms with Crippen molar-refractivity contribution in [1.82, 2.24) is 25.1 Å². The van der Waals surface area contributed by atoms with Crippen LogP contribution in [0.4, 0.5) is 5.13 Å². The van der Waals surface area contributed by atoms with Crippen LogP contribution >= 0.6 is 11.3 Å². The number of nitrogens with zero attached hydrogens (tertiary/aromatic N) is 5. The van der Waals surface area contributed by atoms with E-state index >= 15 is 0 Å². The fourth-order valence-electron chi connectivity index (χ4n) is 3.71. The van der Waals surface area contributed by atoms with Gasteiger partial charge in [-0.15, -0.1) is 10.2 Å². The first-order chi connectivity index (χ1) is 14.9. The molecule has 4 rings (SSSR count). The van der Waals surface area contributed by atoms with E-state index in [1.807, 2.05) is 24.4 Å². The number of rotatable bonds is 5. The lowest BCUT2D eigenvalue weighted by atomic mass is 9.94. The van der Waals surface area contributed by atoms with Crippen molar-refractivity contribution < 1.29 is 4.79 Å². The van der Waals surface area contributed by atoms with Crippen molar-refractivity contribution >= 4 is 22.4 Å². The lowest BCUT2D eigenvalue weighted by molar-refractivity contribution is -0.117. The summed E-state index contributed by atoms with van der Waals surface area (Å²) in [6.45, 7) is 8.36. The number of pyridine rings is 2. The molecule has 3 aromatic heterocycles. The van der Waals surface area contributed by atoms with Crippen LogP contribution in [0.25, 0.3) is 11.3 Å². The Labute approximate surface area is 187 Å². The number of hydrogen-bond acceptors (Lipinski definition) is 7. The first-order valence-electron chi connectivity index (χ1n) is 10.6. The maximum atomic E-state index is 12.5. The van der Waals surface area contributed by atoms with Crippen molar-refractivity contribution in [3.05, 3.63) is 53.4 Å². The Kier molecular flexibility index (Phi) is 6.38. The van der Waals surface area contributed by atoms with Gasteiger partial charge >= 0.3 is 0 Å². The predicted molar refractivity (Wildman–Crippen MR) is 123 cm³/mol. The highest BCUT2D eigenvalue weighted by Crippen LogP contribution is 2.29. The van der Waals surface area contributed by atoms with Crippen LogP contribution in [0.2, 0.25) is 0 Å². The van der Waals surface area contributed by atoms with Crippen molar-refractivity contribution in [2.24, 2.45) is 0 Å². The smallest absolute Gasteiger partial charge is 0.240 e. The van der Waals surface area contributed by atoms with Gasteiger partial charge in [0.1, 0.15) is 5.01 Å². The van der Waals surface area contributed by atoms with Gasteiger partial charge in [-0.05, 0) is 43.7 Å². The number of nitrogens with one attached hydrogen (secondary N) is 1. The highest BCUT2D eigenvalue weighted by molar-refractivity contribution is 7.15. The zero-order valence-corrected chi connectivity index (χ0v) is 19.0. The zero-order chi connectivity index (χ0) is 21.8. The second kappa shape index (κ2) is 9.20. The molecule has 0 aromatic carbocycles. The predicted octanol–water partition coefficient (Wildman–Crippen LogP) is 4.11. The van der Waals surface area contributed by atoms with E-state index < -0.39 is 0 Å². The SMILES string of the molecule is CC(C)(C)c1nnc(NC(=O)CN2CCC[C@H](c3ccc(-c4ccccn4)cn3)C2)s1. The number of hydrogen-bond donors (Lipinski definition) is 1. The maximum absolute atomic E-state index is 12.5. The molecule has 0 saturated carbocycles. The van der Waals surface area contributed by atoms with Crippen molar-refractivity contribution in [2.45, 2.75) is 44.9 Å². The number of piperidine rings is 1. The first-order valence-corrected chi connectivity index (χ1v) is 11.4. The van der Waals surface area contributed by atoms with Gasteiger partial charge < -0.3 is 0 Å². The third-order valence-corrected chi connectivity index (χ3v) is 6.62. The van der Waals surface area contributed by atoms with Crippen LogP contribution < -0.4 is 5.32 Å². The van der Waals surface area contributed by atoms with Crippen LogP contribution in [-0.2, 0) is 10.2 Å². The van der Waals surface area contributed by atoms with Gasteiger partial charge in [-0.1, -0.05) is 38.2 Å². The Morgan fingerprint density at radius 3 is 2.74 bits per heavy atom. The Balaban J connectivity index is 1.34. The minimum atomic E-state index is -0.0696. The second-order valence-electron chi connectivity index (χ2n) is 8.97. The molecule has 162 valence electrons. The van der Waals surface area contributed by atoms with E-state index in [9.17, 15) is 4.79 Å². The van der Waals surface area contributed by atoms with Crippen LogP contribution in [-0.4, -0.2) is 50.6 Å². The average Bonchev–Trinajstić information content (AvgIpc) is 3.24. The molecular weight excluding hydrogens is 408 g/mol. The minimum absolute atomic E-state index is 0.0456. The molecule has 0 radical (unpaired) electrons. The molecule has 3 aromatic rings. The molecular formula is C23H28N6OS. The number of likely N-dealkylation sites (tertiary alicyclic amines) is 1. The fourth-order valence-corrected chi connectivity index (χ4v) is 4.53. The van der Waals surface area contributed by atoms with Gasteiger partial charge in [0.15, 0.2) is 0 Å². The summed E-state index contributed by atoms with van der Waals surface area (Å²) in [6, 6.07) is 10.0. The number of amides is 1. The third kappa shape index (κ3) is 5.51. The molecule has 0 aliphatic carbocycles. The summed E-state index contributed by atoms with van der Waals surface area (Å²) in [5.41, 5.74) is 2.95. The summed E-state index contributed by atoms with van der Waals surface area (Å²) in [4.78, 5) is 23.8. The fraction of sp³-hybridized carbons (Fsp3) is 0.435. The van der Waals surface area contributed by atoms with Crippen LogP contribution in [0.15, 0.2) is 42.7 Å². The monoisotopic (exact) mass is 436 g/mol. The summed E-state index contributed by atoms with van der Waals surface area (Å²) in [7, 11) is 0. The van der Waals surface area contributed by atoms with Gasteiger partial charge in [0.2, 0.25) is 11.0 Å². The number of anilines is 1. The molecule has 0 spiro atoms. The van der Waals surface area contributed by atoms with Gasteiger partial charge in [0.05, 0.1) is 12.2 Å². The van der Waals surface area contributed by atoms with Gasteiger partial charge in [-0.3, -0.25) is 25.0 Å². The molecule has 1 N–H and O–H groups in total. The lowest BCUT2D eigenvalue weighted by Crippen LogP contribution is -2.40. The number of aromatic nitrogens is 4. The quantitative estimate of drug-likeness (QED) is 0.648. The lowest BCUT2D eigenvalue weighted by Gasteiger charge is -2.31. The maximum Gasteiger partial charge on any atom is 0.240 e. The molecule has 4 heterocycles. The summed E-state index contributed by atoms with van der Waals surface area (Å²) in [5.74, 6) is 0.282. The molecule has 7 nitrogen and oxygen atoms in total. The van der Waals surface area contributed by atoms with Crippen molar-refractivity contribution in [3.63, 3.8) is 0 Å². The van der Waals surface area contributed by atoms with Crippen molar-refractivity contribution in [2.75, 3.05) is 25.0 Å². The summed E-state index contributed by atoms with van der Waals surface area (Å²) >= 11 is 1.44. The molecule has 1 saturated heterocycles. The van der Waals surface area contributed by atoms with Gasteiger partial charge in [-0.2, -0.15) is 0 Å². The summed E-state index contributed by atoms with van der Waals surface area (Å²) in [5, 5.41) is 12.7. The zero-order valence-electron chi connectivity index (χ0n) is 18.2. The third-order valence-electron chi connectivity index (χ3n) is 5.35. The normalized spacial score (nSPS) is 17.5. The van der Waals surface area contributed by atoms with E-state index in [4.69, 9.17) is 4.98 Å². The van der Waals surface area contributed by atoms with Crippen LogP contribution in [0.3, 0.4) is 0 Å². The molecule has 1 amide bonds. The second-order valence-corrected chi connectivity index (χ2v) is 9.95. The number of carbonyl (C=O) groups excluding carboxylic acids is 1. The highest BCUT2D eigenvalue weighted by Gasteiger charge is 2.25. The Hall–Kier alpha value is -2.71. The highest BCUT2D eigenvalue weighted by atomic mass is 32.1. The van der Waals surface area contributed by atoms with E-state index in [0.29, 0.717) is 17.6 Å². The molecule has 31 heavy (non-hydrogen) atoms. The van der Waals surface area contributed by atoms with E-state index in [0.717, 1.165) is 47.9 Å².